The van der Waals surface area contributed by atoms with Crippen LogP contribution in [0.5, 0.6) is 0 Å². The van der Waals surface area contributed by atoms with E-state index in [1.54, 1.807) is 36.4 Å². The number of hydrogen-bond acceptors (Lipinski definition) is 6. The molecule has 2 heterocycles. The fourth-order valence-electron chi connectivity index (χ4n) is 3.33. The molecular formula is C20H20N4O5S. The Morgan fingerprint density at radius 3 is 2.50 bits per heavy atom. The van der Waals surface area contributed by atoms with Gasteiger partial charge in [-0.1, -0.05) is 24.3 Å². The number of hydrogen-bond donors (Lipinski definition) is 1. The molecule has 0 radical (unpaired) electrons. The maximum atomic E-state index is 12.9. The Morgan fingerprint density at radius 2 is 1.77 bits per heavy atom. The first-order chi connectivity index (χ1) is 14.4. The Kier molecular flexibility index (Phi) is 5.37. The molecule has 1 amide bonds. The van der Waals surface area contributed by atoms with Gasteiger partial charge in [0.05, 0.1) is 23.5 Å². The van der Waals surface area contributed by atoms with Crippen molar-refractivity contribution >= 4 is 32.4 Å². The maximum Gasteiger partial charge on any atom is 0.276 e. The van der Waals surface area contributed by atoms with Crippen molar-refractivity contribution in [3.8, 4) is 0 Å². The molecule has 30 heavy (non-hydrogen) atoms. The lowest BCUT2D eigenvalue weighted by atomic mass is 10.1. The maximum absolute atomic E-state index is 12.9. The number of rotatable bonds is 4. The number of benzene rings is 2. The van der Waals surface area contributed by atoms with E-state index in [4.69, 9.17) is 4.74 Å². The molecule has 0 aliphatic carbocycles. The van der Waals surface area contributed by atoms with Crippen LogP contribution in [-0.2, 0) is 21.8 Å². The van der Waals surface area contributed by atoms with Crippen LogP contribution in [0, 0.1) is 0 Å². The highest BCUT2D eigenvalue weighted by molar-refractivity contribution is 7.89. The summed E-state index contributed by atoms with van der Waals surface area (Å²) in [5, 5.41) is 7.59. The van der Waals surface area contributed by atoms with Crippen LogP contribution < -0.4 is 10.9 Å². The highest BCUT2D eigenvalue weighted by Crippen LogP contribution is 2.21. The van der Waals surface area contributed by atoms with Crippen LogP contribution in [0.3, 0.4) is 0 Å². The van der Waals surface area contributed by atoms with E-state index >= 15 is 0 Å². The molecule has 9 nitrogen and oxygen atoms in total. The fourth-order valence-corrected chi connectivity index (χ4v) is 4.78. The Labute approximate surface area is 172 Å². The van der Waals surface area contributed by atoms with Gasteiger partial charge < -0.3 is 10.1 Å². The summed E-state index contributed by atoms with van der Waals surface area (Å²) < 4.78 is 33.4. The zero-order valence-electron chi connectivity index (χ0n) is 16.2. The fraction of sp³-hybridized carbons (Fsp3) is 0.250. The van der Waals surface area contributed by atoms with Gasteiger partial charge in [-0.2, -0.15) is 9.40 Å². The molecular weight excluding hydrogens is 408 g/mol. The zero-order chi connectivity index (χ0) is 21.3. The summed E-state index contributed by atoms with van der Waals surface area (Å²) in [6, 6.07) is 12.8. The standard InChI is InChI=1S/C20H20N4O5S/c1-23-20(26)17-8-3-2-7-16(17)18(22-23)19(25)21-14-5-4-6-15(13-14)30(27,28)24-9-11-29-12-10-24/h2-8,13H,9-12H2,1H3,(H,21,25). The zero-order valence-corrected chi connectivity index (χ0v) is 17.1. The SMILES string of the molecule is Cn1nc(C(=O)Nc2cccc(S(=O)(=O)N3CCOCC3)c2)c2ccccc2c1=O. The van der Waals surface area contributed by atoms with Gasteiger partial charge in [0.25, 0.3) is 11.5 Å². The van der Waals surface area contributed by atoms with Crippen molar-refractivity contribution < 1.29 is 17.9 Å². The van der Waals surface area contributed by atoms with Crippen LogP contribution in [0.4, 0.5) is 5.69 Å². The second-order valence-corrected chi connectivity index (χ2v) is 8.76. The smallest absolute Gasteiger partial charge is 0.276 e. The first-order valence-corrected chi connectivity index (χ1v) is 10.8. The van der Waals surface area contributed by atoms with Crippen molar-refractivity contribution in [2.45, 2.75) is 4.90 Å². The summed E-state index contributed by atoms with van der Waals surface area (Å²) in [5.74, 6) is -0.539. The molecule has 1 aliphatic heterocycles. The Bertz CT molecular complexity index is 1280. The van der Waals surface area contributed by atoms with Crippen molar-refractivity contribution in [1.82, 2.24) is 14.1 Å². The number of ether oxygens (including phenoxy) is 1. The molecule has 0 unspecified atom stereocenters. The van der Waals surface area contributed by atoms with Gasteiger partial charge in [0.1, 0.15) is 0 Å². The van der Waals surface area contributed by atoms with E-state index in [0.717, 1.165) is 4.68 Å². The molecule has 1 aromatic heterocycles. The molecule has 1 fully saturated rings. The summed E-state index contributed by atoms with van der Waals surface area (Å²) in [6.45, 7) is 1.27. The molecule has 1 N–H and O–H groups in total. The van der Waals surface area contributed by atoms with Crippen LogP contribution >= 0.6 is 0 Å². The highest BCUT2D eigenvalue weighted by Gasteiger charge is 2.26. The Morgan fingerprint density at radius 1 is 1.07 bits per heavy atom. The molecule has 0 spiro atoms. The van der Waals surface area contributed by atoms with Crippen LogP contribution in [0.2, 0.25) is 0 Å². The number of fused-ring (bicyclic) bond motifs is 1. The van der Waals surface area contributed by atoms with Crippen molar-refractivity contribution in [2.24, 2.45) is 7.05 Å². The number of morpholine rings is 1. The number of carbonyl (C=O) groups excluding carboxylic acids is 1. The van der Waals surface area contributed by atoms with Crippen LogP contribution in [0.15, 0.2) is 58.2 Å². The predicted molar refractivity (Wildman–Crippen MR) is 111 cm³/mol. The van der Waals surface area contributed by atoms with Gasteiger partial charge in [-0.15, -0.1) is 0 Å². The largest absolute Gasteiger partial charge is 0.379 e. The molecule has 0 bridgehead atoms. The first kappa shape index (κ1) is 20.2. The molecule has 1 aliphatic rings. The number of anilines is 1. The van der Waals surface area contributed by atoms with Crippen molar-refractivity contribution in [2.75, 3.05) is 31.6 Å². The second kappa shape index (κ2) is 7.98. The van der Waals surface area contributed by atoms with E-state index in [9.17, 15) is 18.0 Å². The number of amides is 1. The van der Waals surface area contributed by atoms with Gasteiger partial charge >= 0.3 is 0 Å². The summed E-state index contributed by atoms with van der Waals surface area (Å²) in [6.07, 6.45) is 0. The minimum atomic E-state index is -3.69. The minimum absolute atomic E-state index is 0.0779. The average Bonchev–Trinajstić information content (AvgIpc) is 2.77. The third kappa shape index (κ3) is 3.72. The van der Waals surface area contributed by atoms with Crippen molar-refractivity contribution in [3.63, 3.8) is 0 Å². The number of nitrogens with zero attached hydrogens (tertiary/aromatic N) is 3. The van der Waals surface area contributed by atoms with E-state index in [0.29, 0.717) is 29.7 Å². The first-order valence-electron chi connectivity index (χ1n) is 9.33. The van der Waals surface area contributed by atoms with E-state index in [2.05, 4.69) is 10.4 Å². The van der Waals surface area contributed by atoms with Gasteiger partial charge in [0.2, 0.25) is 10.0 Å². The van der Waals surface area contributed by atoms with E-state index in [-0.39, 0.29) is 29.2 Å². The van der Waals surface area contributed by atoms with Crippen molar-refractivity contribution in [1.29, 1.82) is 0 Å². The molecule has 0 atom stereocenters. The second-order valence-electron chi connectivity index (χ2n) is 6.82. The molecule has 1 saturated heterocycles. The number of aromatic nitrogens is 2. The number of aryl methyl sites for hydroxylation is 1. The summed E-state index contributed by atoms with van der Waals surface area (Å²) in [7, 11) is -2.22. The third-order valence-electron chi connectivity index (χ3n) is 4.87. The van der Waals surface area contributed by atoms with Crippen molar-refractivity contribution in [3.05, 3.63) is 64.6 Å². The summed E-state index contributed by atoms with van der Waals surface area (Å²) in [4.78, 5) is 25.2. The monoisotopic (exact) mass is 428 g/mol. The van der Waals surface area contributed by atoms with Gasteiger partial charge in [0, 0.05) is 31.2 Å². The highest BCUT2D eigenvalue weighted by atomic mass is 32.2. The van der Waals surface area contributed by atoms with Gasteiger partial charge in [-0.25, -0.2) is 13.1 Å². The minimum Gasteiger partial charge on any atom is -0.379 e. The molecule has 10 heteroatoms. The molecule has 156 valence electrons. The van der Waals surface area contributed by atoms with Crippen LogP contribution in [0.25, 0.3) is 10.8 Å². The average molecular weight is 428 g/mol. The van der Waals surface area contributed by atoms with E-state index in [1.807, 2.05) is 0 Å². The Balaban J connectivity index is 1.65. The molecule has 2 aromatic carbocycles. The number of nitrogens with one attached hydrogen (secondary N) is 1. The van der Waals surface area contributed by atoms with Gasteiger partial charge in [-0.3, -0.25) is 9.59 Å². The van der Waals surface area contributed by atoms with Crippen LogP contribution in [0.1, 0.15) is 10.5 Å². The summed E-state index contributed by atoms with van der Waals surface area (Å²) in [5.41, 5.74) is 0.0870. The third-order valence-corrected chi connectivity index (χ3v) is 6.77. The normalized spacial score (nSPS) is 15.2. The molecule has 0 saturated carbocycles. The molecule has 3 aromatic rings. The molecule has 4 rings (SSSR count). The van der Waals surface area contributed by atoms with E-state index < -0.39 is 15.9 Å². The topological polar surface area (TPSA) is 111 Å². The summed E-state index contributed by atoms with van der Waals surface area (Å²) >= 11 is 0. The van der Waals surface area contributed by atoms with Crippen LogP contribution in [-0.4, -0.2) is 54.7 Å². The predicted octanol–water partition coefficient (Wildman–Crippen LogP) is 1.21. The number of sulfonamides is 1. The lowest BCUT2D eigenvalue weighted by molar-refractivity contribution is 0.0730. The lowest BCUT2D eigenvalue weighted by Crippen LogP contribution is -2.40. The lowest BCUT2D eigenvalue weighted by Gasteiger charge is -2.26. The Hall–Kier alpha value is -3.08. The van der Waals surface area contributed by atoms with Gasteiger partial charge in [0.15, 0.2) is 5.69 Å². The van der Waals surface area contributed by atoms with Gasteiger partial charge in [-0.05, 0) is 24.3 Å². The van der Waals surface area contributed by atoms with E-state index in [1.165, 1.54) is 23.5 Å². The number of carbonyl (C=O) groups is 1. The quantitative estimate of drug-likeness (QED) is 0.669.